The number of esters is 1. The van der Waals surface area contributed by atoms with Crippen LogP contribution in [0.1, 0.15) is 49.7 Å². The Kier molecular flexibility index (Phi) is 9.35. The topological polar surface area (TPSA) is 92.8 Å². The van der Waals surface area contributed by atoms with Crippen molar-refractivity contribution in [1.29, 1.82) is 0 Å². The summed E-state index contributed by atoms with van der Waals surface area (Å²) in [6, 6.07) is 7.17. The zero-order valence-corrected chi connectivity index (χ0v) is 20.3. The number of fused-ring (bicyclic) bond motifs is 1. The SMILES string of the molecule is CSCCC(C(=O)OCCNC(=O)CCc1ccc(C)cc1)N1C(=O)C2CCCCC2C1=O. The molecule has 2 aliphatic rings. The first-order valence-electron chi connectivity index (χ1n) is 11.8. The molecule has 0 radical (unpaired) electrons. The van der Waals surface area contributed by atoms with E-state index in [0.717, 1.165) is 18.4 Å². The summed E-state index contributed by atoms with van der Waals surface area (Å²) in [6.07, 6.45) is 6.60. The quantitative estimate of drug-likeness (QED) is 0.301. The first kappa shape index (κ1) is 25.3. The smallest absolute Gasteiger partial charge is 0.329 e. The molecule has 1 aromatic carbocycles. The van der Waals surface area contributed by atoms with Gasteiger partial charge in [0.1, 0.15) is 12.6 Å². The standard InChI is InChI=1S/C25H34N2O5S/c1-17-7-9-18(10-8-17)11-12-22(28)26-14-15-32-25(31)21(13-16-33-2)27-23(29)19-5-3-4-6-20(19)24(27)30/h7-10,19-21H,3-6,11-16H2,1-2H3,(H,26,28). The summed E-state index contributed by atoms with van der Waals surface area (Å²) in [4.78, 5) is 51.9. The van der Waals surface area contributed by atoms with E-state index < -0.39 is 12.0 Å². The van der Waals surface area contributed by atoms with Crippen molar-refractivity contribution in [3.63, 3.8) is 0 Å². The molecular weight excluding hydrogens is 440 g/mol. The Hall–Kier alpha value is -2.35. The van der Waals surface area contributed by atoms with Gasteiger partial charge >= 0.3 is 5.97 Å². The first-order chi connectivity index (χ1) is 15.9. The van der Waals surface area contributed by atoms with Crippen molar-refractivity contribution in [2.24, 2.45) is 11.8 Å². The maximum atomic E-state index is 12.9. The molecule has 180 valence electrons. The number of nitrogens with zero attached hydrogens (tertiary/aromatic N) is 1. The number of likely N-dealkylation sites (tertiary alicyclic amines) is 1. The number of hydrogen-bond acceptors (Lipinski definition) is 6. The van der Waals surface area contributed by atoms with E-state index in [1.165, 1.54) is 10.5 Å². The predicted octanol–water partition coefficient (Wildman–Crippen LogP) is 2.88. The molecule has 2 fully saturated rings. The molecule has 1 aliphatic heterocycles. The molecule has 7 nitrogen and oxygen atoms in total. The van der Waals surface area contributed by atoms with Crippen LogP contribution in [0.2, 0.25) is 0 Å². The summed E-state index contributed by atoms with van der Waals surface area (Å²) in [7, 11) is 0. The first-order valence-corrected chi connectivity index (χ1v) is 13.2. The molecule has 8 heteroatoms. The maximum Gasteiger partial charge on any atom is 0.329 e. The lowest BCUT2D eigenvalue weighted by atomic mass is 9.81. The van der Waals surface area contributed by atoms with Crippen LogP contribution in [0.4, 0.5) is 0 Å². The van der Waals surface area contributed by atoms with Crippen molar-refractivity contribution in [1.82, 2.24) is 10.2 Å². The van der Waals surface area contributed by atoms with Crippen LogP contribution in [0.3, 0.4) is 0 Å². The third-order valence-corrected chi connectivity index (χ3v) is 7.13. The summed E-state index contributed by atoms with van der Waals surface area (Å²) in [5.41, 5.74) is 2.27. The van der Waals surface area contributed by atoms with E-state index >= 15 is 0 Å². The van der Waals surface area contributed by atoms with Crippen LogP contribution in [0.15, 0.2) is 24.3 Å². The predicted molar refractivity (Wildman–Crippen MR) is 128 cm³/mol. The molecule has 0 bridgehead atoms. The molecule has 1 saturated carbocycles. The molecule has 3 unspecified atom stereocenters. The van der Waals surface area contributed by atoms with E-state index in [-0.39, 0.29) is 42.7 Å². The molecule has 33 heavy (non-hydrogen) atoms. The number of carbonyl (C=O) groups excluding carboxylic acids is 4. The van der Waals surface area contributed by atoms with Crippen LogP contribution in [0.5, 0.6) is 0 Å². The normalized spacial score (nSPS) is 21.0. The van der Waals surface area contributed by atoms with E-state index in [1.807, 2.05) is 37.4 Å². The number of rotatable bonds is 11. The van der Waals surface area contributed by atoms with Crippen LogP contribution in [0, 0.1) is 18.8 Å². The Morgan fingerprint density at radius 1 is 1.12 bits per heavy atom. The van der Waals surface area contributed by atoms with Gasteiger partial charge in [0.15, 0.2) is 0 Å². The Morgan fingerprint density at radius 3 is 2.36 bits per heavy atom. The molecule has 1 aromatic rings. The van der Waals surface area contributed by atoms with Gasteiger partial charge in [-0.1, -0.05) is 42.7 Å². The van der Waals surface area contributed by atoms with Crippen molar-refractivity contribution in [2.45, 2.75) is 57.9 Å². The fraction of sp³-hybridized carbons (Fsp3) is 0.600. The van der Waals surface area contributed by atoms with Crippen LogP contribution in [-0.4, -0.2) is 59.8 Å². The number of hydrogen-bond donors (Lipinski definition) is 1. The van der Waals surface area contributed by atoms with Crippen LogP contribution >= 0.6 is 11.8 Å². The average molecular weight is 475 g/mol. The number of benzene rings is 1. The molecule has 1 heterocycles. The lowest BCUT2D eigenvalue weighted by Crippen LogP contribution is -2.47. The van der Waals surface area contributed by atoms with Crippen molar-refractivity contribution in [3.05, 3.63) is 35.4 Å². The van der Waals surface area contributed by atoms with Gasteiger partial charge in [-0.15, -0.1) is 0 Å². The largest absolute Gasteiger partial charge is 0.462 e. The number of aryl methyl sites for hydroxylation is 2. The van der Waals surface area contributed by atoms with E-state index in [2.05, 4.69) is 5.32 Å². The molecule has 0 spiro atoms. The average Bonchev–Trinajstić information content (AvgIpc) is 3.07. The summed E-state index contributed by atoms with van der Waals surface area (Å²) >= 11 is 1.56. The molecule has 1 saturated heterocycles. The van der Waals surface area contributed by atoms with E-state index in [4.69, 9.17) is 4.74 Å². The third-order valence-electron chi connectivity index (χ3n) is 6.48. The molecule has 3 amide bonds. The van der Waals surface area contributed by atoms with Crippen molar-refractivity contribution < 1.29 is 23.9 Å². The van der Waals surface area contributed by atoms with Crippen LogP contribution in [-0.2, 0) is 30.3 Å². The molecule has 3 rings (SSSR count). The Balaban J connectivity index is 1.47. The summed E-state index contributed by atoms with van der Waals surface area (Å²) in [5, 5.41) is 2.76. The minimum absolute atomic E-state index is 0.00789. The van der Waals surface area contributed by atoms with Gasteiger partial charge in [0, 0.05) is 6.42 Å². The maximum absolute atomic E-state index is 12.9. The van der Waals surface area contributed by atoms with Gasteiger partial charge in [-0.2, -0.15) is 11.8 Å². The highest BCUT2D eigenvalue weighted by Crippen LogP contribution is 2.39. The highest BCUT2D eigenvalue weighted by molar-refractivity contribution is 7.98. The minimum Gasteiger partial charge on any atom is -0.462 e. The summed E-state index contributed by atoms with van der Waals surface area (Å²) in [6.45, 7) is 2.22. The number of thioether (sulfide) groups is 1. The van der Waals surface area contributed by atoms with Gasteiger partial charge in [0.25, 0.3) is 0 Å². The Morgan fingerprint density at radius 2 is 1.76 bits per heavy atom. The molecule has 1 N–H and O–H groups in total. The van der Waals surface area contributed by atoms with Gasteiger partial charge in [0.2, 0.25) is 17.7 Å². The number of amides is 3. The summed E-state index contributed by atoms with van der Waals surface area (Å²) in [5.74, 6) is -1.07. The van der Waals surface area contributed by atoms with E-state index in [1.54, 1.807) is 11.8 Å². The van der Waals surface area contributed by atoms with Crippen molar-refractivity contribution >= 4 is 35.5 Å². The number of carbonyl (C=O) groups is 4. The second kappa shape index (κ2) is 12.2. The second-order valence-electron chi connectivity index (χ2n) is 8.84. The second-order valence-corrected chi connectivity index (χ2v) is 9.83. The van der Waals surface area contributed by atoms with E-state index in [0.29, 0.717) is 37.9 Å². The van der Waals surface area contributed by atoms with Gasteiger partial charge < -0.3 is 10.1 Å². The number of nitrogens with one attached hydrogen (secondary N) is 1. The minimum atomic E-state index is -0.889. The molecular formula is C25H34N2O5S. The molecule has 0 aromatic heterocycles. The zero-order valence-electron chi connectivity index (χ0n) is 19.5. The fourth-order valence-electron chi connectivity index (χ4n) is 4.62. The van der Waals surface area contributed by atoms with Crippen molar-refractivity contribution in [3.8, 4) is 0 Å². The van der Waals surface area contributed by atoms with Gasteiger partial charge in [-0.25, -0.2) is 4.79 Å². The number of ether oxygens (including phenoxy) is 1. The van der Waals surface area contributed by atoms with E-state index in [9.17, 15) is 19.2 Å². The van der Waals surface area contributed by atoms with Crippen LogP contribution in [0.25, 0.3) is 0 Å². The Bertz CT molecular complexity index is 833. The molecule has 1 aliphatic carbocycles. The fourth-order valence-corrected chi connectivity index (χ4v) is 5.08. The molecule has 3 atom stereocenters. The monoisotopic (exact) mass is 474 g/mol. The van der Waals surface area contributed by atoms with Gasteiger partial charge in [-0.3, -0.25) is 19.3 Å². The van der Waals surface area contributed by atoms with Crippen LogP contribution < -0.4 is 5.32 Å². The lowest BCUT2D eigenvalue weighted by Gasteiger charge is -2.25. The zero-order chi connectivity index (χ0) is 23.8. The third kappa shape index (κ3) is 6.59. The lowest BCUT2D eigenvalue weighted by molar-refractivity contribution is -0.159. The van der Waals surface area contributed by atoms with Gasteiger partial charge in [0.05, 0.1) is 18.4 Å². The summed E-state index contributed by atoms with van der Waals surface area (Å²) < 4.78 is 5.38. The highest BCUT2D eigenvalue weighted by atomic mass is 32.2. The van der Waals surface area contributed by atoms with Crippen molar-refractivity contribution in [2.75, 3.05) is 25.2 Å². The van der Waals surface area contributed by atoms with Gasteiger partial charge in [-0.05, 0) is 50.2 Å². The highest BCUT2D eigenvalue weighted by Gasteiger charge is 2.52. The Labute approximate surface area is 200 Å². The number of imide groups is 1.